The lowest BCUT2D eigenvalue weighted by molar-refractivity contribution is -0.228. The van der Waals surface area contributed by atoms with Crippen molar-refractivity contribution in [1.82, 2.24) is 5.01 Å². The van der Waals surface area contributed by atoms with Gasteiger partial charge in [-0.15, -0.1) is 0 Å². The van der Waals surface area contributed by atoms with E-state index in [1.54, 1.807) is 35.3 Å². The van der Waals surface area contributed by atoms with Crippen molar-refractivity contribution in [3.05, 3.63) is 108 Å². The molecule has 6 heteroatoms. The number of benzene rings is 3. The molecule has 33 heavy (non-hydrogen) atoms. The van der Waals surface area contributed by atoms with E-state index in [-0.39, 0.29) is 12.0 Å². The zero-order valence-electron chi connectivity index (χ0n) is 18.2. The molecule has 0 bridgehead atoms. The van der Waals surface area contributed by atoms with Gasteiger partial charge in [0.05, 0.1) is 12.3 Å². The van der Waals surface area contributed by atoms with Crippen LogP contribution in [0.1, 0.15) is 35.4 Å². The van der Waals surface area contributed by atoms with Gasteiger partial charge in [-0.1, -0.05) is 91.0 Å². The maximum atomic E-state index is 13.9. The van der Waals surface area contributed by atoms with Gasteiger partial charge in [0.2, 0.25) is 5.60 Å². The number of alkyl halides is 3. The van der Waals surface area contributed by atoms with E-state index in [0.29, 0.717) is 18.3 Å². The van der Waals surface area contributed by atoms with Crippen molar-refractivity contribution >= 4 is 6.21 Å². The van der Waals surface area contributed by atoms with Crippen LogP contribution in [0.5, 0.6) is 0 Å². The molecule has 3 nitrogen and oxygen atoms in total. The summed E-state index contributed by atoms with van der Waals surface area (Å²) in [6.45, 7) is 0.538. The minimum Gasteiger partial charge on any atom is -0.375 e. The maximum absolute atomic E-state index is 13.9. The molecule has 1 saturated heterocycles. The van der Waals surface area contributed by atoms with Crippen molar-refractivity contribution in [3.8, 4) is 0 Å². The zero-order chi connectivity index (χ0) is 23.3. The second-order valence-electron chi connectivity index (χ2n) is 8.50. The molecular weight excluding hydrogens is 425 g/mol. The van der Waals surface area contributed by atoms with Gasteiger partial charge in [-0.25, -0.2) is 0 Å². The first kappa shape index (κ1) is 23.1. The van der Waals surface area contributed by atoms with Crippen molar-refractivity contribution in [2.75, 3.05) is 6.54 Å². The minimum absolute atomic E-state index is 0.0415. The summed E-state index contributed by atoms with van der Waals surface area (Å²) in [6.07, 6.45) is -3.12. The van der Waals surface area contributed by atoms with Gasteiger partial charge in [-0.05, 0) is 29.5 Å². The fraction of sp³-hybridized carbons (Fsp3) is 0.296. The Bertz CT molecular complexity index is 1000. The first-order valence-electron chi connectivity index (χ1n) is 11.1. The van der Waals surface area contributed by atoms with Crippen molar-refractivity contribution in [3.63, 3.8) is 0 Å². The Kier molecular flexibility index (Phi) is 6.84. The topological polar surface area (TPSA) is 35.8 Å². The van der Waals surface area contributed by atoms with Gasteiger partial charge < -0.3 is 5.11 Å². The van der Waals surface area contributed by atoms with E-state index in [4.69, 9.17) is 0 Å². The number of hydrazone groups is 1. The average molecular weight is 453 g/mol. The number of rotatable bonds is 7. The second-order valence-corrected chi connectivity index (χ2v) is 8.50. The monoisotopic (exact) mass is 452 g/mol. The third kappa shape index (κ3) is 5.28. The first-order chi connectivity index (χ1) is 15.9. The summed E-state index contributed by atoms with van der Waals surface area (Å²) < 4.78 is 41.7. The van der Waals surface area contributed by atoms with Crippen molar-refractivity contribution in [2.45, 2.75) is 43.0 Å². The number of halogens is 3. The highest BCUT2D eigenvalue weighted by atomic mass is 19.4. The van der Waals surface area contributed by atoms with E-state index in [2.05, 4.69) is 5.10 Å². The Morgan fingerprint density at radius 1 is 0.879 bits per heavy atom. The van der Waals surface area contributed by atoms with Crippen LogP contribution >= 0.6 is 0 Å². The lowest BCUT2D eigenvalue weighted by Gasteiger charge is -2.32. The third-order valence-corrected chi connectivity index (χ3v) is 6.20. The lowest BCUT2D eigenvalue weighted by atomic mass is 9.84. The molecule has 1 aliphatic heterocycles. The molecule has 1 N–H and O–H groups in total. The van der Waals surface area contributed by atoms with Gasteiger partial charge in [-0.3, -0.25) is 5.01 Å². The van der Waals surface area contributed by atoms with Crippen LogP contribution in [-0.4, -0.2) is 40.7 Å². The number of hydrogen-bond acceptors (Lipinski definition) is 3. The molecule has 0 saturated carbocycles. The van der Waals surface area contributed by atoms with E-state index < -0.39 is 18.2 Å². The van der Waals surface area contributed by atoms with Crippen LogP contribution < -0.4 is 0 Å². The Labute approximate surface area is 192 Å². The van der Waals surface area contributed by atoms with Gasteiger partial charge in [-0.2, -0.15) is 18.3 Å². The minimum atomic E-state index is -4.85. The standard InChI is InChI=1S/C27H27F3N2O/c28-27(29,30)26(33,19-21-11-4-1-5-12-21)20-31-32-18-10-17-24(32)25(22-13-6-2-7-14-22)23-15-8-3-9-16-23/h1-9,11-16,20,24-25,33H,10,17-19H2/b31-20+/t24-,26+/m0/s1. The van der Waals surface area contributed by atoms with Crippen LogP contribution in [0.25, 0.3) is 0 Å². The molecular formula is C27H27F3N2O. The molecule has 3 aromatic rings. The summed E-state index contributed by atoms with van der Waals surface area (Å²) in [7, 11) is 0. The van der Waals surface area contributed by atoms with E-state index in [0.717, 1.165) is 24.0 Å². The van der Waals surface area contributed by atoms with Crippen LogP contribution in [0, 0.1) is 0 Å². The lowest BCUT2D eigenvalue weighted by Crippen LogP contribution is -2.49. The maximum Gasteiger partial charge on any atom is 0.422 e. The fourth-order valence-corrected chi connectivity index (χ4v) is 4.51. The highest BCUT2D eigenvalue weighted by Crippen LogP contribution is 2.37. The van der Waals surface area contributed by atoms with Crippen molar-refractivity contribution < 1.29 is 18.3 Å². The van der Waals surface area contributed by atoms with Crippen LogP contribution in [0.15, 0.2) is 96.1 Å². The molecule has 172 valence electrons. The molecule has 4 rings (SSSR count). The highest BCUT2D eigenvalue weighted by molar-refractivity contribution is 5.70. The normalized spacial score (nSPS) is 18.7. The summed E-state index contributed by atoms with van der Waals surface area (Å²) in [4.78, 5) is 0. The van der Waals surface area contributed by atoms with Gasteiger partial charge in [0.25, 0.3) is 0 Å². The number of nitrogens with zero attached hydrogens (tertiary/aromatic N) is 2. The molecule has 0 amide bonds. The van der Waals surface area contributed by atoms with E-state index in [1.165, 1.54) is 0 Å². The van der Waals surface area contributed by atoms with Crippen LogP contribution in [0.2, 0.25) is 0 Å². The van der Waals surface area contributed by atoms with Crippen LogP contribution in [-0.2, 0) is 6.42 Å². The molecule has 3 aromatic carbocycles. The molecule has 0 aliphatic carbocycles. The summed E-state index contributed by atoms with van der Waals surface area (Å²) in [5.41, 5.74) is -0.471. The highest BCUT2D eigenvalue weighted by Gasteiger charge is 2.53. The third-order valence-electron chi connectivity index (χ3n) is 6.20. The predicted octanol–water partition coefficient (Wildman–Crippen LogP) is 5.80. The SMILES string of the molecule is O[C@@](/C=N/N1CCC[C@H]1C(c1ccccc1)c1ccccc1)(Cc1ccccc1)C(F)(F)F. The summed E-state index contributed by atoms with van der Waals surface area (Å²) in [5.74, 6) is -0.0415. The molecule has 0 radical (unpaired) electrons. The molecule has 1 heterocycles. The molecule has 0 unspecified atom stereocenters. The molecule has 0 aromatic heterocycles. The van der Waals surface area contributed by atoms with Gasteiger partial charge in [0, 0.05) is 18.9 Å². The summed E-state index contributed by atoms with van der Waals surface area (Å²) >= 11 is 0. The number of hydrogen-bond donors (Lipinski definition) is 1. The Hall–Kier alpha value is -3.12. The number of aliphatic hydroxyl groups is 1. The largest absolute Gasteiger partial charge is 0.422 e. The fourth-order valence-electron chi connectivity index (χ4n) is 4.51. The molecule has 2 atom stereocenters. The van der Waals surface area contributed by atoms with Gasteiger partial charge >= 0.3 is 6.18 Å². The van der Waals surface area contributed by atoms with Crippen LogP contribution in [0.3, 0.4) is 0 Å². The molecule has 0 spiro atoms. The smallest absolute Gasteiger partial charge is 0.375 e. The van der Waals surface area contributed by atoms with E-state index in [9.17, 15) is 18.3 Å². The van der Waals surface area contributed by atoms with Gasteiger partial charge in [0.15, 0.2) is 0 Å². The summed E-state index contributed by atoms with van der Waals surface area (Å²) in [5, 5.41) is 16.6. The molecule has 1 fully saturated rings. The Morgan fingerprint density at radius 3 is 1.91 bits per heavy atom. The Balaban J connectivity index is 1.64. The van der Waals surface area contributed by atoms with Crippen molar-refractivity contribution in [2.24, 2.45) is 5.10 Å². The van der Waals surface area contributed by atoms with Gasteiger partial charge in [0.1, 0.15) is 0 Å². The first-order valence-corrected chi connectivity index (χ1v) is 11.1. The zero-order valence-corrected chi connectivity index (χ0v) is 18.2. The predicted molar refractivity (Wildman–Crippen MR) is 124 cm³/mol. The van der Waals surface area contributed by atoms with Crippen molar-refractivity contribution in [1.29, 1.82) is 0 Å². The van der Waals surface area contributed by atoms with E-state index >= 15 is 0 Å². The quantitative estimate of drug-likeness (QED) is 0.460. The van der Waals surface area contributed by atoms with Crippen LogP contribution in [0.4, 0.5) is 13.2 Å². The Morgan fingerprint density at radius 2 is 1.39 bits per heavy atom. The molecule has 1 aliphatic rings. The second kappa shape index (κ2) is 9.79. The summed E-state index contributed by atoms with van der Waals surface area (Å²) in [6, 6.07) is 28.0. The average Bonchev–Trinajstić information content (AvgIpc) is 3.27. The van der Waals surface area contributed by atoms with E-state index in [1.807, 2.05) is 60.7 Å².